The Morgan fingerprint density at radius 2 is 2.18 bits per heavy atom. The number of aromatic hydroxyl groups is 1. The molecule has 0 spiro atoms. The minimum Gasteiger partial charge on any atom is -0.508 e. The SMILES string of the molecule is CC(C)(C)OC(=O)N1CCC(COc2ccc(O)cc2F)C1. The molecule has 1 aliphatic rings. The summed E-state index contributed by atoms with van der Waals surface area (Å²) in [6.07, 6.45) is 0.463. The van der Waals surface area contributed by atoms with E-state index >= 15 is 0 Å². The Balaban J connectivity index is 1.82. The predicted octanol–water partition coefficient (Wildman–Crippen LogP) is 3.17. The summed E-state index contributed by atoms with van der Waals surface area (Å²) >= 11 is 0. The Morgan fingerprint density at radius 3 is 2.82 bits per heavy atom. The Kier molecular flexibility index (Phi) is 4.78. The molecule has 0 radical (unpaired) electrons. The quantitative estimate of drug-likeness (QED) is 0.931. The number of likely N-dealkylation sites (tertiary alicyclic amines) is 1. The van der Waals surface area contributed by atoms with Crippen LogP contribution in [0.1, 0.15) is 27.2 Å². The van der Waals surface area contributed by atoms with Crippen LogP contribution in [-0.4, -0.2) is 41.4 Å². The topological polar surface area (TPSA) is 59.0 Å². The molecule has 122 valence electrons. The van der Waals surface area contributed by atoms with Crippen molar-refractivity contribution in [1.82, 2.24) is 4.90 Å². The molecule has 0 bridgehead atoms. The lowest BCUT2D eigenvalue weighted by atomic mass is 10.1. The van der Waals surface area contributed by atoms with Gasteiger partial charge < -0.3 is 19.5 Å². The highest BCUT2D eigenvalue weighted by Crippen LogP contribution is 2.24. The minimum absolute atomic E-state index is 0.105. The zero-order valence-electron chi connectivity index (χ0n) is 13.1. The van der Waals surface area contributed by atoms with Gasteiger partial charge in [0.25, 0.3) is 0 Å². The zero-order valence-corrected chi connectivity index (χ0v) is 13.1. The summed E-state index contributed by atoms with van der Waals surface area (Å²) in [4.78, 5) is 13.6. The number of phenols is 1. The lowest BCUT2D eigenvalue weighted by Crippen LogP contribution is -2.35. The van der Waals surface area contributed by atoms with E-state index < -0.39 is 11.4 Å². The molecule has 1 N–H and O–H groups in total. The van der Waals surface area contributed by atoms with E-state index in [0.29, 0.717) is 19.7 Å². The third kappa shape index (κ3) is 4.51. The molecule has 1 unspecified atom stereocenters. The van der Waals surface area contributed by atoms with Gasteiger partial charge in [0.1, 0.15) is 11.4 Å². The maximum atomic E-state index is 13.5. The van der Waals surface area contributed by atoms with Crippen LogP contribution in [0.5, 0.6) is 11.5 Å². The van der Waals surface area contributed by atoms with Gasteiger partial charge in [0.15, 0.2) is 11.6 Å². The Labute approximate surface area is 129 Å². The zero-order chi connectivity index (χ0) is 16.3. The minimum atomic E-state index is -0.595. The summed E-state index contributed by atoms with van der Waals surface area (Å²) in [7, 11) is 0. The first kappa shape index (κ1) is 16.4. The van der Waals surface area contributed by atoms with Crippen molar-refractivity contribution in [1.29, 1.82) is 0 Å². The van der Waals surface area contributed by atoms with E-state index in [1.807, 2.05) is 20.8 Å². The highest BCUT2D eigenvalue weighted by molar-refractivity contribution is 5.68. The van der Waals surface area contributed by atoms with Crippen LogP contribution >= 0.6 is 0 Å². The number of phenolic OH excluding ortho intramolecular Hbond substituents is 1. The van der Waals surface area contributed by atoms with Crippen molar-refractivity contribution in [2.24, 2.45) is 5.92 Å². The molecule has 1 aliphatic heterocycles. The van der Waals surface area contributed by atoms with Gasteiger partial charge in [-0.15, -0.1) is 0 Å². The number of carbonyl (C=O) groups excluding carboxylic acids is 1. The molecule has 1 amide bonds. The fourth-order valence-corrected chi connectivity index (χ4v) is 2.28. The van der Waals surface area contributed by atoms with Gasteiger partial charge in [0, 0.05) is 25.1 Å². The van der Waals surface area contributed by atoms with Crippen molar-refractivity contribution < 1.29 is 23.8 Å². The molecule has 0 aliphatic carbocycles. The van der Waals surface area contributed by atoms with Crippen LogP contribution in [0.3, 0.4) is 0 Å². The highest BCUT2D eigenvalue weighted by atomic mass is 19.1. The number of nitrogens with zero attached hydrogens (tertiary/aromatic N) is 1. The van der Waals surface area contributed by atoms with Crippen LogP contribution in [0.15, 0.2) is 18.2 Å². The smallest absolute Gasteiger partial charge is 0.410 e. The van der Waals surface area contributed by atoms with Crippen LogP contribution < -0.4 is 4.74 Å². The number of rotatable bonds is 3. The Morgan fingerprint density at radius 1 is 1.45 bits per heavy atom. The van der Waals surface area contributed by atoms with Crippen LogP contribution in [0.2, 0.25) is 0 Å². The first-order valence-electron chi connectivity index (χ1n) is 7.34. The molecule has 1 aromatic rings. The number of halogens is 1. The van der Waals surface area contributed by atoms with Crippen LogP contribution in [0, 0.1) is 11.7 Å². The monoisotopic (exact) mass is 311 g/mol. The van der Waals surface area contributed by atoms with E-state index in [1.165, 1.54) is 12.1 Å². The molecule has 1 fully saturated rings. The van der Waals surface area contributed by atoms with E-state index in [2.05, 4.69) is 0 Å². The molecule has 1 atom stereocenters. The molecule has 1 aromatic carbocycles. The molecular formula is C16H22FNO4. The van der Waals surface area contributed by atoms with Crippen LogP contribution in [0.25, 0.3) is 0 Å². The third-order valence-electron chi connectivity index (χ3n) is 3.33. The molecule has 22 heavy (non-hydrogen) atoms. The van der Waals surface area contributed by atoms with Gasteiger partial charge in [-0.25, -0.2) is 9.18 Å². The van der Waals surface area contributed by atoms with E-state index in [4.69, 9.17) is 14.6 Å². The number of benzene rings is 1. The molecule has 6 heteroatoms. The van der Waals surface area contributed by atoms with Crippen molar-refractivity contribution in [3.8, 4) is 11.5 Å². The fourth-order valence-electron chi connectivity index (χ4n) is 2.28. The van der Waals surface area contributed by atoms with Gasteiger partial charge in [0.2, 0.25) is 0 Å². The molecule has 1 saturated heterocycles. The normalized spacial score (nSPS) is 18.4. The number of hydrogen-bond acceptors (Lipinski definition) is 4. The summed E-state index contributed by atoms with van der Waals surface area (Å²) in [5.41, 5.74) is -0.513. The number of carbonyl (C=O) groups is 1. The summed E-state index contributed by atoms with van der Waals surface area (Å²) in [5, 5.41) is 9.15. The molecule has 0 saturated carbocycles. The second kappa shape index (κ2) is 6.42. The van der Waals surface area contributed by atoms with Crippen molar-refractivity contribution in [2.45, 2.75) is 32.8 Å². The van der Waals surface area contributed by atoms with Gasteiger partial charge in [0.05, 0.1) is 6.61 Å². The molecule has 1 heterocycles. The second-order valence-corrected chi connectivity index (χ2v) is 6.51. The molecule has 0 aromatic heterocycles. The highest BCUT2D eigenvalue weighted by Gasteiger charge is 2.30. The Bertz CT molecular complexity index is 541. The molecule has 2 rings (SSSR count). The van der Waals surface area contributed by atoms with Crippen LogP contribution in [0.4, 0.5) is 9.18 Å². The first-order chi connectivity index (χ1) is 10.2. The average Bonchev–Trinajstić information content (AvgIpc) is 2.84. The summed E-state index contributed by atoms with van der Waals surface area (Å²) in [6.45, 7) is 6.95. The summed E-state index contributed by atoms with van der Waals surface area (Å²) in [6, 6.07) is 3.78. The van der Waals surface area contributed by atoms with Crippen LogP contribution in [-0.2, 0) is 4.74 Å². The van der Waals surface area contributed by atoms with E-state index in [-0.39, 0.29) is 23.5 Å². The van der Waals surface area contributed by atoms with Crippen molar-refractivity contribution in [3.05, 3.63) is 24.0 Å². The maximum Gasteiger partial charge on any atom is 0.410 e. The Hall–Kier alpha value is -1.98. The van der Waals surface area contributed by atoms with Gasteiger partial charge in [-0.05, 0) is 39.3 Å². The number of amides is 1. The van der Waals surface area contributed by atoms with E-state index in [0.717, 1.165) is 12.5 Å². The first-order valence-corrected chi connectivity index (χ1v) is 7.34. The lowest BCUT2D eigenvalue weighted by molar-refractivity contribution is 0.0284. The molecule has 5 nitrogen and oxygen atoms in total. The fraction of sp³-hybridized carbons (Fsp3) is 0.562. The number of ether oxygens (including phenoxy) is 2. The van der Waals surface area contributed by atoms with E-state index in [9.17, 15) is 9.18 Å². The van der Waals surface area contributed by atoms with Crippen molar-refractivity contribution in [2.75, 3.05) is 19.7 Å². The second-order valence-electron chi connectivity index (χ2n) is 6.51. The van der Waals surface area contributed by atoms with Crippen molar-refractivity contribution >= 4 is 6.09 Å². The van der Waals surface area contributed by atoms with Gasteiger partial charge in [-0.3, -0.25) is 0 Å². The van der Waals surface area contributed by atoms with Gasteiger partial charge in [-0.2, -0.15) is 0 Å². The lowest BCUT2D eigenvalue weighted by Gasteiger charge is -2.24. The maximum absolute atomic E-state index is 13.5. The summed E-state index contributed by atoms with van der Waals surface area (Å²) < 4.78 is 24.3. The summed E-state index contributed by atoms with van der Waals surface area (Å²) in [5.74, 6) is -0.488. The largest absolute Gasteiger partial charge is 0.508 e. The van der Waals surface area contributed by atoms with Gasteiger partial charge in [-0.1, -0.05) is 0 Å². The predicted molar refractivity (Wildman–Crippen MR) is 79.5 cm³/mol. The van der Waals surface area contributed by atoms with Gasteiger partial charge >= 0.3 is 6.09 Å². The number of hydrogen-bond donors (Lipinski definition) is 1. The third-order valence-corrected chi connectivity index (χ3v) is 3.33. The van der Waals surface area contributed by atoms with Crippen molar-refractivity contribution in [3.63, 3.8) is 0 Å². The standard InChI is InChI=1S/C16H22FNO4/c1-16(2,3)22-15(20)18-7-6-11(9-18)10-21-14-5-4-12(19)8-13(14)17/h4-5,8,11,19H,6-7,9-10H2,1-3H3. The van der Waals surface area contributed by atoms with E-state index in [1.54, 1.807) is 4.90 Å². The molecular weight excluding hydrogens is 289 g/mol. The average molecular weight is 311 g/mol.